The summed E-state index contributed by atoms with van der Waals surface area (Å²) in [5, 5.41) is 1.15. The van der Waals surface area contributed by atoms with Gasteiger partial charge in [-0.25, -0.2) is 4.98 Å². The van der Waals surface area contributed by atoms with Crippen LogP contribution in [0.3, 0.4) is 0 Å². The highest BCUT2D eigenvalue weighted by molar-refractivity contribution is 9.10. The standard InChI is InChI=1S/C14H8BrCl3N2/c15-8-1-3-11-13(5-8)20(14(7-16)19-11)12-4-2-9(17)6-10(12)18/h1-6H,7H2. The van der Waals surface area contributed by atoms with E-state index in [1.165, 1.54) is 0 Å². The molecule has 0 spiro atoms. The van der Waals surface area contributed by atoms with Gasteiger partial charge in [-0.15, -0.1) is 11.6 Å². The van der Waals surface area contributed by atoms with Crippen molar-refractivity contribution in [2.24, 2.45) is 0 Å². The fourth-order valence-corrected chi connectivity index (χ4v) is 3.14. The molecular weight excluding hydrogens is 382 g/mol. The van der Waals surface area contributed by atoms with Gasteiger partial charge in [0.2, 0.25) is 0 Å². The molecule has 0 amide bonds. The lowest BCUT2D eigenvalue weighted by Crippen LogP contribution is -2.00. The summed E-state index contributed by atoms with van der Waals surface area (Å²) in [5.41, 5.74) is 2.63. The van der Waals surface area contributed by atoms with Crippen LogP contribution in [0.15, 0.2) is 40.9 Å². The maximum atomic E-state index is 6.30. The van der Waals surface area contributed by atoms with E-state index in [1.807, 2.05) is 28.8 Å². The molecule has 0 atom stereocenters. The van der Waals surface area contributed by atoms with Gasteiger partial charge < -0.3 is 0 Å². The lowest BCUT2D eigenvalue weighted by molar-refractivity contribution is 0.982. The van der Waals surface area contributed by atoms with E-state index in [-0.39, 0.29) is 0 Å². The van der Waals surface area contributed by atoms with Gasteiger partial charge in [-0.3, -0.25) is 4.57 Å². The van der Waals surface area contributed by atoms with Crippen molar-refractivity contribution in [3.8, 4) is 5.69 Å². The molecule has 20 heavy (non-hydrogen) atoms. The lowest BCUT2D eigenvalue weighted by atomic mass is 10.2. The summed E-state index contributed by atoms with van der Waals surface area (Å²) in [6, 6.07) is 11.2. The van der Waals surface area contributed by atoms with Crippen molar-refractivity contribution in [1.29, 1.82) is 0 Å². The van der Waals surface area contributed by atoms with Crippen molar-refractivity contribution in [2.45, 2.75) is 5.88 Å². The number of hydrogen-bond donors (Lipinski definition) is 0. The molecule has 0 radical (unpaired) electrons. The van der Waals surface area contributed by atoms with E-state index in [2.05, 4.69) is 20.9 Å². The number of benzene rings is 2. The molecule has 1 heterocycles. The third kappa shape index (κ3) is 2.44. The molecular formula is C14H8BrCl3N2. The Balaban J connectivity index is 2.36. The molecule has 102 valence electrons. The van der Waals surface area contributed by atoms with Gasteiger partial charge in [-0.2, -0.15) is 0 Å². The molecule has 0 aliphatic carbocycles. The van der Waals surface area contributed by atoms with Crippen LogP contribution in [-0.2, 0) is 5.88 Å². The molecule has 0 aliphatic rings. The van der Waals surface area contributed by atoms with E-state index in [9.17, 15) is 0 Å². The average Bonchev–Trinajstić information content (AvgIpc) is 2.76. The molecule has 3 aromatic rings. The van der Waals surface area contributed by atoms with E-state index >= 15 is 0 Å². The van der Waals surface area contributed by atoms with E-state index in [0.29, 0.717) is 15.9 Å². The van der Waals surface area contributed by atoms with Crippen LogP contribution in [0.2, 0.25) is 10.0 Å². The monoisotopic (exact) mass is 388 g/mol. The summed E-state index contributed by atoms with van der Waals surface area (Å²) >= 11 is 21.7. The van der Waals surface area contributed by atoms with E-state index < -0.39 is 0 Å². The first-order valence-corrected chi connectivity index (χ1v) is 7.87. The second kappa shape index (κ2) is 5.57. The van der Waals surface area contributed by atoms with Gasteiger partial charge in [0.05, 0.1) is 27.6 Å². The topological polar surface area (TPSA) is 17.8 Å². The largest absolute Gasteiger partial charge is 0.294 e. The maximum Gasteiger partial charge on any atom is 0.129 e. The van der Waals surface area contributed by atoms with Gasteiger partial charge in [-0.1, -0.05) is 39.1 Å². The Hall–Kier alpha value is -0.740. The van der Waals surface area contributed by atoms with Crippen molar-refractivity contribution in [3.05, 3.63) is 56.7 Å². The third-order valence-electron chi connectivity index (χ3n) is 2.96. The summed E-state index contributed by atoms with van der Waals surface area (Å²) < 4.78 is 2.92. The Bertz CT molecular complexity index is 798. The van der Waals surface area contributed by atoms with Gasteiger partial charge in [0.1, 0.15) is 5.82 Å². The second-order valence-electron chi connectivity index (χ2n) is 4.23. The van der Waals surface area contributed by atoms with Crippen LogP contribution in [-0.4, -0.2) is 9.55 Å². The van der Waals surface area contributed by atoms with Crippen LogP contribution >= 0.6 is 50.7 Å². The fraction of sp³-hybridized carbons (Fsp3) is 0.0714. The SMILES string of the molecule is ClCc1nc2ccc(Br)cc2n1-c1ccc(Cl)cc1Cl. The molecule has 0 aliphatic heterocycles. The van der Waals surface area contributed by atoms with Crippen molar-refractivity contribution in [3.63, 3.8) is 0 Å². The number of alkyl halides is 1. The maximum absolute atomic E-state index is 6.30. The first kappa shape index (κ1) is 14.2. The Labute approximate surface area is 139 Å². The Morgan fingerprint density at radius 1 is 1.10 bits per heavy atom. The molecule has 0 saturated heterocycles. The minimum atomic E-state index is 0.297. The number of nitrogens with zero attached hydrogens (tertiary/aromatic N) is 2. The summed E-state index contributed by atoms with van der Waals surface area (Å²) in [6.07, 6.45) is 0. The smallest absolute Gasteiger partial charge is 0.129 e. The van der Waals surface area contributed by atoms with Crippen molar-refractivity contribution in [1.82, 2.24) is 9.55 Å². The minimum Gasteiger partial charge on any atom is -0.294 e. The average molecular weight is 390 g/mol. The first-order valence-electron chi connectivity index (χ1n) is 5.78. The highest BCUT2D eigenvalue weighted by Gasteiger charge is 2.14. The predicted molar refractivity (Wildman–Crippen MR) is 88.3 cm³/mol. The highest BCUT2D eigenvalue weighted by atomic mass is 79.9. The van der Waals surface area contributed by atoms with Crippen LogP contribution in [0.5, 0.6) is 0 Å². The number of rotatable bonds is 2. The van der Waals surface area contributed by atoms with Crippen LogP contribution < -0.4 is 0 Å². The fourth-order valence-electron chi connectivity index (χ4n) is 2.12. The summed E-state index contributed by atoms with van der Waals surface area (Å²) in [7, 11) is 0. The second-order valence-corrected chi connectivity index (χ2v) is 6.25. The zero-order valence-corrected chi connectivity index (χ0v) is 13.9. The molecule has 0 unspecified atom stereocenters. The molecule has 0 saturated carbocycles. The first-order chi connectivity index (χ1) is 9.60. The molecule has 0 fully saturated rings. The lowest BCUT2D eigenvalue weighted by Gasteiger charge is -2.10. The van der Waals surface area contributed by atoms with Crippen molar-refractivity contribution < 1.29 is 0 Å². The van der Waals surface area contributed by atoms with Gasteiger partial charge in [0, 0.05) is 9.50 Å². The quantitative estimate of drug-likeness (QED) is 0.503. The zero-order chi connectivity index (χ0) is 14.3. The Kier molecular flexibility index (Phi) is 3.95. The zero-order valence-electron chi connectivity index (χ0n) is 10.1. The third-order valence-corrected chi connectivity index (χ3v) is 4.23. The van der Waals surface area contributed by atoms with Crippen molar-refractivity contribution >= 4 is 61.8 Å². The number of halogens is 4. The van der Waals surface area contributed by atoms with Crippen LogP contribution in [0.25, 0.3) is 16.7 Å². The minimum absolute atomic E-state index is 0.297. The summed E-state index contributed by atoms with van der Waals surface area (Å²) in [4.78, 5) is 4.53. The van der Waals surface area contributed by atoms with Crippen LogP contribution in [0.4, 0.5) is 0 Å². The van der Waals surface area contributed by atoms with Gasteiger partial charge >= 0.3 is 0 Å². The van der Waals surface area contributed by atoms with E-state index in [4.69, 9.17) is 34.8 Å². The molecule has 2 nitrogen and oxygen atoms in total. The Morgan fingerprint density at radius 3 is 2.60 bits per heavy atom. The van der Waals surface area contributed by atoms with Crippen molar-refractivity contribution in [2.75, 3.05) is 0 Å². The number of aromatic nitrogens is 2. The predicted octanol–water partition coefficient (Wildman–Crippen LogP) is 5.83. The molecule has 1 aromatic heterocycles. The van der Waals surface area contributed by atoms with Crippen LogP contribution in [0, 0.1) is 0 Å². The number of fused-ring (bicyclic) bond motifs is 1. The summed E-state index contributed by atoms with van der Waals surface area (Å²) in [5.74, 6) is 1.04. The molecule has 0 bridgehead atoms. The molecule has 0 N–H and O–H groups in total. The number of imidazole rings is 1. The number of hydrogen-bond acceptors (Lipinski definition) is 1. The summed E-state index contributed by atoms with van der Waals surface area (Å²) in [6.45, 7) is 0. The molecule has 6 heteroatoms. The normalized spacial score (nSPS) is 11.2. The van der Waals surface area contributed by atoms with E-state index in [0.717, 1.165) is 27.0 Å². The highest BCUT2D eigenvalue weighted by Crippen LogP contribution is 2.30. The molecule has 2 aromatic carbocycles. The van der Waals surface area contributed by atoms with Gasteiger partial charge in [-0.05, 0) is 36.4 Å². The molecule has 3 rings (SSSR count). The van der Waals surface area contributed by atoms with Gasteiger partial charge in [0.25, 0.3) is 0 Å². The Morgan fingerprint density at radius 2 is 1.90 bits per heavy atom. The van der Waals surface area contributed by atoms with Crippen LogP contribution in [0.1, 0.15) is 5.82 Å². The van der Waals surface area contributed by atoms with E-state index in [1.54, 1.807) is 12.1 Å². The van der Waals surface area contributed by atoms with Gasteiger partial charge in [0.15, 0.2) is 0 Å².